The lowest BCUT2D eigenvalue weighted by molar-refractivity contribution is -0.140. The van der Waals surface area contributed by atoms with Crippen molar-refractivity contribution >= 4 is 11.9 Å². The van der Waals surface area contributed by atoms with Gasteiger partial charge in [0.05, 0.1) is 27.1 Å². The van der Waals surface area contributed by atoms with Crippen molar-refractivity contribution < 1.29 is 19.1 Å². The predicted molar refractivity (Wildman–Crippen MR) is 72.4 cm³/mol. The lowest BCUT2D eigenvalue weighted by Crippen LogP contribution is -1.98. The Morgan fingerprint density at radius 1 is 0.947 bits per heavy atom. The first-order valence-electron chi connectivity index (χ1n) is 6.62. The summed E-state index contributed by atoms with van der Waals surface area (Å²) in [5.74, 6) is 0.641. The first kappa shape index (κ1) is 15.5. The molecule has 2 unspecified atom stereocenters. The van der Waals surface area contributed by atoms with Gasteiger partial charge in [-0.3, -0.25) is 9.59 Å². The van der Waals surface area contributed by atoms with E-state index in [0.717, 1.165) is 19.3 Å². The molecule has 1 aliphatic carbocycles. The maximum absolute atomic E-state index is 11.0. The van der Waals surface area contributed by atoms with Gasteiger partial charge in [-0.25, -0.2) is 0 Å². The molecule has 0 aliphatic heterocycles. The number of carbonyl (C=O) groups is 2. The average molecular weight is 266 g/mol. The van der Waals surface area contributed by atoms with Crippen LogP contribution in [0.2, 0.25) is 0 Å². The van der Waals surface area contributed by atoms with Gasteiger partial charge >= 0.3 is 11.9 Å². The van der Waals surface area contributed by atoms with Crippen LogP contribution in [-0.4, -0.2) is 26.2 Å². The molecule has 0 N–H and O–H groups in total. The highest BCUT2D eigenvalue weighted by atomic mass is 16.5. The number of hydrogen-bond acceptors (Lipinski definition) is 4. The van der Waals surface area contributed by atoms with Crippen LogP contribution < -0.4 is 0 Å². The summed E-state index contributed by atoms with van der Waals surface area (Å²) in [7, 11) is 2.79. The smallest absolute Gasteiger partial charge is 0.309 e. The number of methoxy groups -OCH3 is 2. The van der Waals surface area contributed by atoms with Gasteiger partial charge in [0.25, 0.3) is 0 Å². The van der Waals surface area contributed by atoms with Crippen LogP contribution in [0, 0.1) is 11.8 Å². The number of carbonyl (C=O) groups excluding carboxylic acids is 2. The van der Waals surface area contributed by atoms with Crippen LogP contribution in [0.15, 0.2) is 24.3 Å². The summed E-state index contributed by atoms with van der Waals surface area (Å²) in [6.45, 7) is 0. The van der Waals surface area contributed by atoms with Crippen LogP contribution in [0.4, 0.5) is 0 Å². The molecule has 0 amide bonds. The molecule has 4 heteroatoms. The second-order valence-corrected chi connectivity index (χ2v) is 4.75. The molecule has 106 valence electrons. The van der Waals surface area contributed by atoms with Gasteiger partial charge in [-0.2, -0.15) is 0 Å². The van der Waals surface area contributed by atoms with E-state index in [4.69, 9.17) is 0 Å². The van der Waals surface area contributed by atoms with E-state index in [1.54, 1.807) is 0 Å². The molecule has 0 bridgehead atoms. The largest absolute Gasteiger partial charge is 0.469 e. The Kier molecular flexibility index (Phi) is 6.93. The van der Waals surface area contributed by atoms with Crippen molar-refractivity contribution in [3.05, 3.63) is 24.3 Å². The summed E-state index contributed by atoms with van der Waals surface area (Å²) < 4.78 is 9.15. The molecule has 0 saturated heterocycles. The van der Waals surface area contributed by atoms with E-state index < -0.39 is 0 Å². The molecule has 1 aliphatic rings. The average Bonchev–Trinajstić information content (AvgIpc) is 2.86. The Morgan fingerprint density at radius 2 is 1.37 bits per heavy atom. The third-order valence-electron chi connectivity index (χ3n) is 3.35. The molecule has 0 radical (unpaired) electrons. The van der Waals surface area contributed by atoms with Crippen LogP contribution in [0.25, 0.3) is 0 Å². The van der Waals surface area contributed by atoms with Crippen molar-refractivity contribution in [3.63, 3.8) is 0 Å². The number of esters is 2. The van der Waals surface area contributed by atoms with Crippen LogP contribution in [0.5, 0.6) is 0 Å². The zero-order valence-electron chi connectivity index (χ0n) is 11.6. The van der Waals surface area contributed by atoms with E-state index in [0.29, 0.717) is 24.7 Å². The van der Waals surface area contributed by atoms with E-state index in [2.05, 4.69) is 21.6 Å². The lowest BCUT2D eigenvalue weighted by Gasteiger charge is -2.03. The standard InChI is InChI=1S/C15H22O4/c1-18-14(16)7-3-5-12-9-10-13(11-12)6-4-8-15(17)19-2/h3-6,12-13H,7-11H2,1-2H3/b5-3+,6-4+. The fourth-order valence-electron chi connectivity index (χ4n) is 2.28. The molecule has 0 aromatic carbocycles. The quantitative estimate of drug-likeness (QED) is 0.548. The van der Waals surface area contributed by atoms with Gasteiger partial charge in [0.2, 0.25) is 0 Å². The summed E-state index contributed by atoms with van der Waals surface area (Å²) in [5.41, 5.74) is 0. The van der Waals surface area contributed by atoms with Crippen molar-refractivity contribution in [1.29, 1.82) is 0 Å². The van der Waals surface area contributed by atoms with Crippen molar-refractivity contribution in [2.24, 2.45) is 11.8 Å². The molecule has 1 saturated carbocycles. The zero-order valence-corrected chi connectivity index (χ0v) is 11.6. The first-order chi connectivity index (χ1) is 9.15. The molecule has 0 aromatic heterocycles. The Bertz CT molecular complexity index is 323. The summed E-state index contributed by atoms with van der Waals surface area (Å²) in [4.78, 5) is 21.9. The van der Waals surface area contributed by atoms with Gasteiger partial charge in [0.15, 0.2) is 0 Å². The number of ether oxygens (including phenoxy) is 2. The second kappa shape index (κ2) is 8.51. The zero-order chi connectivity index (χ0) is 14.1. The van der Waals surface area contributed by atoms with Crippen LogP contribution in [0.3, 0.4) is 0 Å². The van der Waals surface area contributed by atoms with Crippen LogP contribution in [-0.2, 0) is 19.1 Å². The van der Waals surface area contributed by atoms with E-state index in [9.17, 15) is 9.59 Å². The molecule has 0 spiro atoms. The molecule has 0 aromatic rings. The maximum atomic E-state index is 11.0. The minimum atomic E-state index is -0.205. The fraction of sp³-hybridized carbons (Fsp3) is 0.600. The third-order valence-corrected chi connectivity index (χ3v) is 3.35. The first-order valence-corrected chi connectivity index (χ1v) is 6.62. The fourth-order valence-corrected chi connectivity index (χ4v) is 2.28. The molecule has 1 rings (SSSR count). The van der Waals surface area contributed by atoms with Gasteiger partial charge in [0.1, 0.15) is 0 Å². The Hall–Kier alpha value is -1.58. The van der Waals surface area contributed by atoms with Crippen LogP contribution in [0.1, 0.15) is 32.1 Å². The highest BCUT2D eigenvalue weighted by Crippen LogP contribution is 2.32. The SMILES string of the molecule is COC(=O)C/C=C/C1CCC(/C=C/CC(=O)OC)C1. The summed E-state index contributed by atoms with van der Waals surface area (Å²) in [6.07, 6.45) is 12.0. The van der Waals surface area contributed by atoms with E-state index in [1.165, 1.54) is 14.2 Å². The summed E-state index contributed by atoms with van der Waals surface area (Å²) in [5, 5.41) is 0. The molecule has 0 heterocycles. The van der Waals surface area contributed by atoms with E-state index >= 15 is 0 Å². The minimum Gasteiger partial charge on any atom is -0.469 e. The molecule has 1 fully saturated rings. The lowest BCUT2D eigenvalue weighted by atomic mass is 10.0. The van der Waals surface area contributed by atoms with Gasteiger partial charge < -0.3 is 9.47 Å². The highest BCUT2D eigenvalue weighted by Gasteiger charge is 2.20. The number of allylic oxidation sites excluding steroid dienone is 2. The van der Waals surface area contributed by atoms with Crippen molar-refractivity contribution in [2.75, 3.05) is 14.2 Å². The number of hydrogen-bond donors (Lipinski definition) is 0. The van der Waals surface area contributed by atoms with Gasteiger partial charge in [-0.15, -0.1) is 0 Å². The monoisotopic (exact) mass is 266 g/mol. The summed E-state index contributed by atoms with van der Waals surface area (Å²) >= 11 is 0. The molecule has 19 heavy (non-hydrogen) atoms. The van der Waals surface area contributed by atoms with E-state index in [1.807, 2.05) is 12.2 Å². The second-order valence-electron chi connectivity index (χ2n) is 4.75. The Balaban J connectivity index is 2.25. The molecule has 2 atom stereocenters. The minimum absolute atomic E-state index is 0.205. The summed E-state index contributed by atoms with van der Waals surface area (Å²) in [6, 6.07) is 0. The topological polar surface area (TPSA) is 52.6 Å². The van der Waals surface area contributed by atoms with Gasteiger partial charge in [0, 0.05) is 0 Å². The van der Waals surface area contributed by atoms with Crippen LogP contribution >= 0.6 is 0 Å². The number of rotatable bonds is 6. The predicted octanol–water partition coefficient (Wildman–Crippen LogP) is 2.64. The normalized spacial score (nSPS) is 23.1. The van der Waals surface area contributed by atoms with Crippen molar-refractivity contribution in [2.45, 2.75) is 32.1 Å². The Morgan fingerprint density at radius 3 is 1.74 bits per heavy atom. The molecule has 4 nitrogen and oxygen atoms in total. The van der Waals surface area contributed by atoms with Gasteiger partial charge in [-0.1, -0.05) is 24.3 Å². The van der Waals surface area contributed by atoms with Gasteiger partial charge in [-0.05, 0) is 31.1 Å². The van der Waals surface area contributed by atoms with Crippen molar-refractivity contribution in [1.82, 2.24) is 0 Å². The van der Waals surface area contributed by atoms with Crippen molar-refractivity contribution in [3.8, 4) is 0 Å². The maximum Gasteiger partial charge on any atom is 0.309 e. The molecular formula is C15H22O4. The van der Waals surface area contributed by atoms with E-state index in [-0.39, 0.29) is 11.9 Å². The molecular weight excluding hydrogens is 244 g/mol. The highest BCUT2D eigenvalue weighted by molar-refractivity contribution is 5.71. The Labute approximate surface area is 114 Å². The third kappa shape index (κ3) is 6.22.